The number of ether oxygens (including phenoxy) is 1. The van der Waals surface area contributed by atoms with Crippen molar-refractivity contribution >= 4 is 40.7 Å². The first-order valence-corrected chi connectivity index (χ1v) is 8.94. The maximum atomic E-state index is 13.3. The lowest BCUT2D eigenvalue weighted by Crippen LogP contribution is -2.42. The predicted molar refractivity (Wildman–Crippen MR) is 102 cm³/mol. The Morgan fingerprint density at radius 3 is 2.69 bits per heavy atom. The van der Waals surface area contributed by atoms with Gasteiger partial charge in [0.2, 0.25) is 5.91 Å². The van der Waals surface area contributed by atoms with Crippen LogP contribution in [0.1, 0.15) is 23.2 Å². The highest BCUT2D eigenvalue weighted by Gasteiger charge is 2.28. The summed E-state index contributed by atoms with van der Waals surface area (Å²) in [5.41, 5.74) is 0.840. The molecule has 0 aromatic heterocycles. The molecular formula is C19H18Cl2N2O3. The normalized spacial score (nSPS) is 13.8. The summed E-state index contributed by atoms with van der Waals surface area (Å²) in [6, 6.07) is 11.9. The Hall–Kier alpha value is -2.24. The number of methoxy groups -OCH3 is 1. The third-order valence-corrected chi connectivity index (χ3v) is 4.83. The molecule has 26 heavy (non-hydrogen) atoms. The van der Waals surface area contributed by atoms with E-state index < -0.39 is 0 Å². The molecule has 1 heterocycles. The minimum absolute atomic E-state index is 0.0230. The van der Waals surface area contributed by atoms with Crippen molar-refractivity contribution in [2.24, 2.45) is 0 Å². The molecule has 1 fully saturated rings. The van der Waals surface area contributed by atoms with Gasteiger partial charge in [-0.3, -0.25) is 14.5 Å². The molecule has 7 heteroatoms. The highest BCUT2D eigenvalue weighted by molar-refractivity contribution is 6.36. The molecule has 0 saturated carbocycles. The average Bonchev–Trinajstić information content (AvgIpc) is 3.06. The van der Waals surface area contributed by atoms with Gasteiger partial charge in [0, 0.05) is 18.0 Å². The molecule has 1 aliphatic rings. The van der Waals surface area contributed by atoms with Gasteiger partial charge in [-0.15, -0.1) is 0 Å². The van der Waals surface area contributed by atoms with E-state index in [1.165, 1.54) is 18.1 Å². The first-order chi connectivity index (χ1) is 12.5. The molecule has 0 bridgehead atoms. The molecule has 136 valence electrons. The Labute approximate surface area is 162 Å². The third-order valence-electron chi connectivity index (χ3n) is 4.26. The van der Waals surface area contributed by atoms with Crippen LogP contribution < -0.4 is 9.64 Å². The Morgan fingerprint density at radius 2 is 2.00 bits per heavy atom. The topological polar surface area (TPSA) is 49.9 Å². The lowest BCUT2D eigenvalue weighted by Gasteiger charge is -2.29. The van der Waals surface area contributed by atoms with E-state index in [1.807, 2.05) is 12.1 Å². The summed E-state index contributed by atoms with van der Waals surface area (Å²) in [6.45, 7) is 0.738. The fourth-order valence-corrected chi connectivity index (χ4v) is 3.30. The number of carbonyl (C=O) groups excluding carboxylic acids is 2. The number of carbonyl (C=O) groups is 2. The molecule has 5 nitrogen and oxygen atoms in total. The molecule has 3 rings (SSSR count). The number of anilines is 1. The number of para-hydroxylation sites is 2. The molecule has 0 atom stereocenters. The molecule has 1 saturated heterocycles. The van der Waals surface area contributed by atoms with Crippen molar-refractivity contribution in [3.05, 3.63) is 58.1 Å². The van der Waals surface area contributed by atoms with Crippen LogP contribution in [0.2, 0.25) is 10.0 Å². The Bertz CT molecular complexity index is 841. The van der Waals surface area contributed by atoms with Crippen LogP contribution in [0.4, 0.5) is 5.69 Å². The number of nitrogens with zero attached hydrogens (tertiary/aromatic N) is 2. The zero-order chi connectivity index (χ0) is 18.7. The Kier molecular flexibility index (Phi) is 5.69. The van der Waals surface area contributed by atoms with Gasteiger partial charge < -0.3 is 9.64 Å². The van der Waals surface area contributed by atoms with E-state index in [0.717, 1.165) is 6.42 Å². The number of amides is 2. The van der Waals surface area contributed by atoms with Crippen LogP contribution >= 0.6 is 23.2 Å². The molecule has 0 N–H and O–H groups in total. The lowest BCUT2D eigenvalue weighted by atomic mass is 10.1. The van der Waals surface area contributed by atoms with E-state index in [1.54, 1.807) is 29.2 Å². The van der Waals surface area contributed by atoms with Crippen molar-refractivity contribution < 1.29 is 14.3 Å². The van der Waals surface area contributed by atoms with Crippen molar-refractivity contribution in [2.45, 2.75) is 12.8 Å². The van der Waals surface area contributed by atoms with Crippen LogP contribution in [0.25, 0.3) is 0 Å². The summed E-state index contributed by atoms with van der Waals surface area (Å²) in [6.07, 6.45) is 1.27. The van der Waals surface area contributed by atoms with E-state index >= 15 is 0 Å². The minimum Gasteiger partial charge on any atom is -0.495 e. The second-order valence-electron chi connectivity index (χ2n) is 5.93. The number of likely N-dealkylation sites (tertiary alicyclic amines) is 1. The van der Waals surface area contributed by atoms with Crippen molar-refractivity contribution in [1.29, 1.82) is 0 Å². The summed E-state index contributed by atoms with van der Waals surface area (Å²) < 4.78 is 5.40. The van der Waals surface area contributed by atoms with Gasteiger partial charge in [0.15, 0.2) is 0 Å². The van der Waals surface area contributed by atoms with Gasteiger partial charge in [0.05, 0.1) is 23.4 Å². The van der Waals surface area contributed by atoms with Crippen molar-refractivity contribution in [3.8, 4) is 5.75 Å². The van der Waals surface area contributed by atoms with Gasteiger partial charge in [-0.25, -0.2) is 0 Å². The van der Waals surface area contributed by atoms with Crippen LogP contribution in [-0.4, -0.2) is 37.0 Å². The monoisotopic (exact) mass is 392 g/mol. The minimum atomic E-state index is -0.346. The lowest BCUT2D eigenvalue weighted by molar-refractivity contribution is -0.127. The highest BCUT2D eigenvalue weighted by Crippen LogP contribution is 2.31. The van der Waals surface area contributed by atoms with Crippen molar-refractivity contribution in [1.82, 2.24) is 4.90 Å². The second-order valence-corrected chi connectivity index (χ2v) is 6.77. The van der Waals surface area contributed by atoms with Gasteiger partial charge >= 0.3 is 0 Å². The first-order valence-electron chi connectivity index (χ1n) is 8.19. The van der Waals surface area contributed by atoms with E-state index in [0.29, 0.717) is 34.4 Å². The largest absolute Gasteiger partial charge is 0.495 e. The smallest absolute Gasteiger partial charge is 0.261 e. The van der Waals surface area contributed by atoms with Gasteiger partial charge in [0.1, 0.15) is 12.4 Å². The first kappa shape index (κ1) is 18.5. The van der Waals surface area contributed by atoms with Gasteiger partial charge in [-0.05, 0) is 36.8 Å². The van der Waals surface area contributed by atoms with Crippen LogP contribution in [-0.2, 0) is 4.79 Å². The van der Waals surface area contributed by atoms with Gasteiger partial charge in [0.25, 0.3) is 5.91 Å². The molecular weight excluding hydrogens is 375 g/mol. The number of benzene rings is 2. The number of halogens is 2. The SMILES string of the molecule is COc1ccccc1N(CN1CCCC1=O)C(=O)c1cc(Cl)ccc1Cl. The summed E-state index contributed by atoms with van der Waals surface area (Å²) in [5.74, 6) is 0.210. The summed E-state index contributed by atoms with van der Waals surface area (Å²) in [7, 11) is 1.54. The quantitative estimate of drug-likeness (QED) is 0.764. The average molecular weight is 393 g/mol. The van der Waals surface area contributed by atoms with Crippen LogP contribution in [0, 0.1) is 0 Å². The van der Waals surface area contributed by atoms with Crippen LogP contribution in [0.3, 0.4) is 0 Å². The van der Waals surface area contributed by atoms with E-state index in [4.69, 9.17) is 27.9 Å². The standard InChI is InChI=1S/C19H18Cl2N2O3/c1-26-17-6-3-2-5-16(17)23(12-22-10-4-7-18(22)24)19(25)14-11-13(20)8-9-15(14)21/h2-3,5-6,8-9,11H,4,7,10,12H2,1H3. The molecule has 2 aromatic rings. The zero-order valence-corrected chi connectivity index (χ0v) is 15.8. The summed E-state index contributed by atoms with van der Waals surface area (Å²) >= 11 is 12.3. The molecule has 0 aliphatic carbocycles. The number of hydrogen-bond acceptors (Lipinski definition) is 3. The maximum Gasteiger partial charge on any atom is 0.261 e. The summed E-state index contributed by atoms with van der Waals surface area (Å²) in [5, 5.41) is 0.710. The third kappa shape index (κ3) is 3.79. The predicted octanol–water partition coefficient (Wildman–Crippen LogP) is 4.23. The van der Waals surface area contributed by atoms with Crippen LogP contribution in [0.15, 0.2) is 42.5 Å². The molecule has 0 unspecified atom stereocenters. The fraction of sp³-hybridized carbons (Fsp3) is 0.263. The van der Waals surface area contributed by atoms with Crippen molar-refractivity contribution in [2.75, 3.05) is 25.2 Å². The van der Waals surface area contributed by atoms with Gasteiger partial charge in [-0.1, -0.05) is 35.3 Å². The fourth-order valence-electron chi connectivity index (χ4n) is 2.93. The molecule has 0 radical (unpaired) electrons. The van der Waals surface area contributed by atoms with Crippen LogP contribution in [0.5, 0.6) is 5.75 Å². The highest BCUT2D eigenvalue weighted by atomic mass is 35.5. The molecule has 1 aliphatic heterocycles. The van der Waals surface area contributed by atoms with Crippen molar-refractivity contribution in [3.63, 3.8) is 0 Å². The van der Waals surface area contributed by atoms with E-state index in [-0.39, 0.29) is 24.0 Å². The van der Waals surface area contributed by atoms with E-state index in [2.05, 4.69) is 0 Å². The molecule has 0 spiro atoms. The van der Waals surface area contributed by atoms with Gasteiger partial charge in [-0.2, -0.15) is 0 Å². The summed E-state index contributed by atoms with van der Waals surface area (Å²) in [4.78, 5) is 28.5. The van der Waals surface area contributed by atoms with E-state index in [9.17, 15) is 9.59 Å². The Balaban J connectivity index is 2.03. The molecule has 2 aromatic carbocycles. The number of rotatable bonds is 5. The molecule has 2 amide bonds. The number of hydrogen-bond donors (Lipinski definition) is 0. The maximum absolute atomic E-state index is 13.3. The Morgan fingerprint density at radius 1 is 1.23 bits per heavy atom. The second kappa shape index (κ2) is 7.98. The zero-order valence-electron chi connectivity index (χ0n) is 14.2.